The standard InChI is InChI=1S/C10H11Br2F/c1-10(2,3)9-7(11)4-6(13)5-8(9)12/h4-5H,1-3H3. The van der Waals surface area contributed by atoms with Crippen molar-refractivity contribution >= 4 is 31.9 Å². The van der Waals surface area contributed by atoms with Gasteiger partial charge in [-0.1, -0.05) is 52.6 Å². The van der Waals surface area contributed by atoms with Crippen molar-refractivity contribution < 1.29 is 4.39 Å². The summed E-state index contributed by atoms with van der Waals surface area (Å²) < 4.78 is 14.6. The second kappa shape index (κ2) is 3.70. The van der Waals surface area contributed by atoms with Crippen molar-refractivity contribution in [3.8, 4) is 0 Å². The fourth-order valence-corrected chi connectivity index (χ4v) is 3.58. The second-order valence-corrected chi connectivity index (χ2v) is 5.70. The minimum atomic E-state index is -0.230. The highest BCUT2D eigenvalue weighted by molar-refractivity contribution is 9.11. The maximum Gasteiger partial charge on any atom is 0.125 e. The number of rotatable bonds is 0. The van der Waals surface area contributed by atoms with Crippen LogP contribution in [0.15, 0.2) is 21.1 Å². The van der Waals surface area contributed by atoms with Gasteiger partial charge in [-0.25, -0.2) is 4.39 Å². The Labute approximate surface area is 94.8 Å². The molecule has 0 aliphatic rings. The predicted molar refractivity (Wildman–Crippen MR) is 60.5 cm³/mol. The smallest absolute Gasteiger partial charge is 0.125 e. The first-order valence-corrected chi connectivity index (χ1v) is 5.56. The van der Waals surface area contributed by atoms with Gasteiger partial charge in [0, 0.05) is 8.95 Å². The molecule has 0 aromatic heterocycles. The highest BCUT2D eigenvalue weighted by Gasteiger charge is 2.20. The SMILES string of the molecule is CC(C)(C)c1c(Br)cc(F)cc1Br. The van der Waals surface area contributed by atoms with Crippen molar-refractivity contribution in [3.63, 3.8) is 0 Å². The van der Waals surface area contributed by atoms with Crippen LogP contribution in [0, 0.1) is 5.82 Å². The molecule has 1 aromatic rings. The second-order valence-electron chi connectivity index (χ2n) is 3.99. The zero-order chi connectivity index (χ0) is 10.2. The molecule has 0 bridgehead atoms. The van der Waals surface area contributed by atoms with Gasteiger partial charge in [-0.3, -0.25) is 0 Å². The van der Waals surface area contributed by atoms with Gasteiger partial charge in [0.2, 0.25) is 0 Å². The monoisotopic (exact) mass is 308 g/mol. The van der Waals surface area contributed by atoms with Gasteiger partial charge in [0.25, 0.3) is 0 Å². The van der Waals surface area contributed by atoms with E-state index in [-0.39, 0.29) is 11.2 Å². The number of hydrogen-bond donors (Lipinski definition) is 0. The van der Waals surface area contributed by atoms with Crippen LogP contribution < -0.4 is 0 Å². The van der Waals surface area contributed by atoms with Gasteiger partial charge in [0.15, 0.2) is 0 Å². The Balaban J connectivity index is 3.38. The molecular weight excluding hydrogens is 299 g/mol. The maximum atomic E-state index is 12.9. The van der Waals surface area contributed by atoms with Crippen molar-refractivity contribution in [1.82, 2.24) is 0 Å². The molecular formula is C10H11Br2F. The summed E-state index contributed by atoms with van der Waals surface area (Å²) in [6.45, 7) is 6.28. The van der Waals surface area contributed by atoms with Crippen molar-refractivity contribution in [2.24, 2.45) is 0 Å². The molecule has 13 heavy (non-hydrogen) atoms. The summed E-state index contributed by atoms with van der Waals surface area (Å²) in [6, 6.07) is 2.98. The van der Waals surface area contributed by atoms with Gasteiger partial charge in [0.1, 0.15) is 5.82 Å². The summed E-state index contributed by atoms with van der Waals surface area (Å²) in [5.74, 6) is -0.230. The van der Waals surface area contributed by atoms with Crippen LogP contribution >= 0.6 is 31.9 Å². The summed E-state index contributed by atoms with van der Waals surface area (Å²) in [6.07, 6.45) is 0. The van der Waals surface area contributed by atoms with Crippen molar-refractivity contribution in [1.29, 1.82) is 0 Å². The summed E-state index contributed by atoms with van der Waals surface area (Å²) in [5, 5.41) is 0. The molecule has 0 saturated carbocycles. The molecule has 0 aliphatic carbocycles. The Kier molecular flexibility index (Phi) is 3.18. The molecule has 0 nitrogen and oxygen atoms in total. The van der Waals surface area contributed by atoms with Gasteiger partial charge >= 0.3 is 0 Å². The molecule has 0 N–H and O–H groups in total. The summed E-state index contributed by atoms with van der Waals surface area (Å²) in [4.78, 5) is 0. The first-order valence-electron chi connectivity index (χ1n) is 3.97. The Bertz CT molecular complexity index is 303. The highest BCUT2D eigenvalue weighted by atomic mass is 79.9. The van der Waals surface area contributed by atoms with E-state index in [0.29, 0.717) is 0 Å². The van der Waals surface area contributed by atoms with Crippen molar-refractivity contribution in [3.05, 3.63) is 32.5 Å². The van der Waals surface area contributed by atoms with Crippen LogP contribution in [0.1, 0.15) is 26.3 Å². The third-order valence-electron chi connectivity index (χ3n) is 1.76. The molecule has 72 valence electrons. The minimum Gasteiger partial charge on any atom is -0.207 e. The Morgan fingerprint density at radius 2 is 1.46 bits per heavy atom. The van der Waals surface area contributed by atoms with Gasteiger partial charge in [-0.15, -0.1) is 0 Å². The lowest BCUT2D eigenvalue weighted by atomic mass is 9.87. The normalized spacial score (nSPS) is 11.8. The fraction of sp³-hybridized carbons (Fsp3) is 0.400. The molecule has 1 aromatic carbocycles. The van der Waals surface area contributed by atoms with E-state index in [4.69, 9.17) is 0 Å². The molecule has 0 fully saturated rings. The van der Waals surface area contributed by atoms with E-state index < -0.39 is 0 Å². The van der Waals surface area contributed by atoms with E-state index in [1.54, 1.807) is 0 Å². The van der Waals surface area contributed by atoms with E-state index in [1.165, 1.54) is 12.1 Å². The molecule has 0 aliphatic heterocycles. The Morgan fingerprint density at radius 3 is 1.77 bits per heavy atom. The Hall–Kier alpha value is 0.110. The molecule has 0 saturated heterocycles. The summed E-state index contributed by atoms with van der Waals surface area (Å²) in [7, 11) is 0. The van der Waals surface area contributed by atoms with Crippen LogP contribution in [0.4, 0.5) is 4.39 Å². The lowest BCUT2D eigenvalue weighted by Crippen LogP contribution is -2.13. The quantitative estimate of drug-likeness (QED) is 0.654. The first kappa shape index (κ1) is 11.2. The number of hydrogen-bond acceptors (Lipinski definition) is 0. The average molecular weight is 310 g/mol. The summed E-state index contributed by atoms with van der Waals surface area (Å²) >= 11 is 6.73. The van der Waals surface area contributed by atoms with Crippen LogP contribution in [0.25, 0.3) is 0 Å². The molecule has 0 unspecified atom stereocenters. The van der Waals surface area contributed by atoms with E-state index in [2.05, 4.69) is 52.6 Å². The third kappa shape index (κ3) is 2.53. The van der Waals surface area contributed by atoms with Gasteiger partial charge < -0.3 is 0 Å². The minimum absolute atomic E-state index is 0.00532. The van der Waals surface area contributed by atoms with Gasteiger partial charge in [-0.05, 0) is 23.1 Å². The van der Waals surface area contributed by atoms with E-state index in [1.807, 2.05) is 0 Å². The zero-order valence-electron chi connectivity index (χ0n) is 7.79. The number of halogens is 3. The summed E-state index contributed by atoms with van der Waals surface area (Å²) in [5.41, 5.74) is 1.10. The van der Waals surface area contributed by atoms with Gasteiger partial charge in [0.05, 0.1) is 0 Å². The topological polar surface area (TPSA) is 0 Å². The van der Waals surface area contributed by atoms with Crippen LogP contribution in [-0.2, 0) is 5.41 Å². The van der Waals surface area contributed by atoms with Crippen LogP contribution in [0.3, 0.4) is 0 Å². The predicted octanol–water partition coefficient (Wildman–Crippen LogP) is 4.65. The van der Waals surface area contributed by atoms with E-state index >= 15 is 0 Å². The van der Waals surface area contributed by atoms with Crippen molar-refractivity contribution in [2.75, 3.05) is 0 Å². The first-order chi connectivity index (χ1) is 5.82. The van der Waals surface area contributed by atoms with Crippen molar-refractivity contribution in [2.45, 2.75) is 26.2 Å². The van der Waals surface area contributed by atoms with Crippen LogP contribution in [0.5, 0.6) is 0 Å². The molecule has 1 rings (SSSR count). The Morgan fingerprint density at radius 1 is 1.08 bits per heavy atom. The largest absolute Gasteiger partial charge is 0.207 e. The zero-order valence-corrected chi connectivity index (χ0v) is 11.0. The highest BCUT2D eigenvalue weighted by Crippen LogP contribution is 2.36. The molecule has 0 amide bonds. The van der Waals surface area contributed by atoms with E-state index in [0.717, 1.165) is 14.5 Å². The third-order valence-corrected chi connectivity index (χ3v) is 3.01. The lowest BCUT2D eigenvalue weighted by Gasteiger charge is -2.22. The molecule has 0 radical (unpaired) electrons. The van der Waals surface area contributed by atoms with Crippen LogP contribution in [-0.4, -0.2) is 0 Å². The lowest BCUT2D eigenvalue weighted by molar-refractivity contribution is 0.575. The molecule has 0 atom stereocenters. The van der Waals surface area contributed by atoms with Crippen LogP contribution in [0.2, 0.25) is 0 Å². The maximum absolute atomic E-state index is 12.9. The molecule has 3 heteroatoms. The molecule has 0 heterocycles. The van der Waals surface area contributed by atoms with Gasteiger partial charge in [-0.2, -0.15) is 0 Å². The molecule has 0 spiro atoms. The number of benzene rings is 1. The fourth-order valence-electron chi connectivity index (χ4n) is 1.26. The average Bonchev–Trinajstić information content (AvgIpc) is 1.78. The van der Waals surface area contributed by atoms with E-state index in [9.17, 15) is 4.39 Å².